The zero-order valence-electron chi connectivity index (χ0n) is 27.7. The van der Waals surface area contributed by atoms with Crippen LogP contribution in [0.4, 0.5) is 0 Å². The van der Waals surface area contributed by atoms with E-state index in [2.05, 4.69) is 76.1 Å². The second-order valence-electron chi connectivity index (χ2n) is 11.5. The van der Waals surface area contributed by atoms with Crippen molar-refractivity contribution < 1.29 is 20.1 Å². The average Bonchev–Trinajstić information content (AvgIpc) is 3.21. The Hall–Kier alpha value is -6.06. The van der Waals surface area contributed by atoms with Gasteiger partial charge in [-0.2, -0.15) is 0 Å². The molecular weight excluding hydrogens is 799 g/mol. The molecule has 51 heavy (non-hydrogen) atoms. The number of rotatable bonds is 4. The quantitative estimate of drug-likeness (QED) is 0.166. The molecule has 0 spiro atoms. The zero-order valence-corrected chi connectivity index (χ0v) is 30.1. The summed E-state index contributed by atoms with van der Waals surface area (Å²) >= 11 is 0. The first-order valence-corrected chi connectivity index (χ1v) is 16.4. The average molecular weight is 831 g/mol. The summed E-state index contributed by atoms with van der Waals surface area (Å²) in [4.78, 5) is 13.9. The predicted molar refractivity (Wildman–Crippen MR) is 208 cm³/mol. The van der Waals surface area contributed by atoms with Gasteiger partial charge in [-0.15, -0.1) is 108 Å². The molecule has 244 valence electrons. The zero-order chi connectivity index (χ0) is 34.0. The van der Waals surface area contributed by atoms with Crippen LogP contribution < -0.4 is 0 Å². The molecule has 0 saturated heterocycles. The maximum absolute atomic E-state index is 4.66. The Morgan fingerprint density at radius 3 is 1.20 bits per heavy atom. The van der Waals surface area contributed by atoms with Gasteiger partial charge in [0.05, 0.1) is 16.6 Å². The third kappa shape index (κ3) is 8.76. The number of hydrogen-bond donors (Lipinski definition) is 0. The summed E-state index contributed by atoms with van der Waals surface area (Å²) in [6.07, 6.45) is 1.85. The summed E-state index contributed by atoms with van der Waals surface area (Å²) in [6.45, 7) is 3.78. The standard InChI is InChI=1S/C17H12N.2C15H10N.Ir/c1-2-13-8-10-17-15(12-13)9-11-16(18-17)14-6-4-3-5-7-14;2*1-2-6-12(7-3-1)15-11-10-13-8-4-5-9-14(13)16-15;/h2-6,8-12H,1H2;2*1-6,8-11H;/q3*-1;+3. The molecule has 0 N–H and O–H groups in total. The monoisotopic (exact) mass is 831 g/mol. The van der Waals surface area contributed by atoms with Crippen molar-refractivity contribution in [3.05, 3.63) is 206 Å². The smallest absolute Gasteiger partial charge is 0.296 e. The van der Waals surface area contributed by atoms with E-state index in [9.17, 15) is 0 Å². The first-order valence-electron chi connectivity index (χ1n) is 16.4. The van der Waals surface area contributed by atoms with Crippen LogP contribution in [0.3, 0.4) is 0 Å². The minimum atomic E-state index is 0. The van der Waals surface area contributed by atoms with Crippen molar-refractivity contribution in [2.24, 2.45) is 0 Å². The molecule has 3 heterocycles. The minimum Gasteiger partial charge on any atom is -0.296 e. The fourth-order valence-electron chi connectivity index (χ4n) is 5.51. The van der Waals surface area contributed by atoms with E-state index < -0.39 is 0 Å². The van der Waals surface area contributed by atoms with Gasteiger partial charge in [0, 0.05) is 0 Å². The molecule has 0 unspecified atom stereocenters. The molecule has 3 aromatic heterocycles. The third-order valence-corrected chi connectivity index (χ3v) is 8.10. The van der Waals surface area contributed by atoms with Crippen molar-refractivity contribution in [3.8, 4) is 33.8 Å². The maximum Gasteiger partial charge on any atom is 3.00 e. The molecule has 9 rings (SSSR count). The molecule has 0 bridgehead atoms. The molecule has 0 aliphatic heterocycles. The molecule has 0 saturated carbocycles. The van der Waals surface area contributed by atoms with Crippen LogP contribution in [0.5, 0.6) is 0 Å². The van der Waals surface area contributed by atoms with Gasteiger partial charge in [0.1, 0.15) is 0 Å². The van der Waals surface area contributed by atoms with Gasteiger partial charge in [-0.3, -0.25) is 15.0 Å². The Kier molecular flexibility index (Phi) is 11.6. The van der Waals surface area contributed by atoms with Crippen LogP contribution in [0.25, 0.3) is 72.6 Å². The molecule has 0 aliphatic rings. The first kappa shape index (κ1) is 34.8. The number of hydrogen-bond acceptors (Lipinski definition) is 3. The molecule has 0 amide bonds. The van der Waals surface area contributed by atoms with Crippen molar-refractivity contribution >= 4 is 38.8 Å². The van der Waals surface area contributed by atoms with Crippen LogP contribution in [0.1, 0.15) is 5.56 Å². The topological polar surface area (TPSA) is 38.7 Å². The van der Waals surface area contributed by atoms with Gasteiger partial charge in [-0.05, 0) is 63.1 Å². The number of aromatic nitrogens is 3. The fourth-order valence-corrected chi connectivity index (χ4v) is 5.51. The van der Waals surface area contributed by atoms with Crippen molar-refractivity contribution in [1.82, 2.24) is 15.0 Å². The normalized spacial score (nSPS) is 10.3. The van der Waals surface area contributed by atoms with Crippen molar-refractivity contribution in [1.29, 1.82) is 0 Å². The summed E-state index contributed by atoms with van der Waals surface area (Å²) in [5, 5.41) is 3.47. The van der Waals surface area contributed by atoms with Crippen LogP contribution in [-0.2, 0) is 20.1 Å². The summed E-state index contributed by atoms with van der Waals surface area (Å²) in [6, 6.07) is 68.0. The van der Waals surface area contributed by atoms with Crippen molar-refractivity contribution in [2.75, 3.05) is 0 Å². The molecule has 4 heteroatoms. The van der Waals surface area contributed by atoms with Crippen LogP contribution in [0, 0.1) is 18.2 Å². The van der Waals surface area contributed by atoms with Crippen molar-refractivity contribution in [2.45, 2.75) is 0 Å². The SMILES string of the molecule is C=Cc1ccc2nc(-c3[c-]cccc3)ccc2c1.[Ir+3].[c-]1ccccc1-c1ccc2ccccc2n1.[c-]1ccccc1-c1ccc2ccccc2n1. The van der Waals surface area contributed by atoms with Crippen LogP contribution in [0.2, 0.25) is 0 Å². The second kappa shape index (κ2) is 17.0. The van der Waals surface area contributed by atoms with Gasteiger partial charge in [0.25, 0.3) is 0 Å². The molecular formula is C47H32IrN3. The van der Waals surface area contributed by atoms with Crippen LogP contribution >= 0.6 is 0 Å². The van der Waals surface area contributed by atoms with E-state index in [-0.39, 0.29) is 20.1 Å². The minimum absolute atomic E-state index is 0. The molecule has 0 aliphatic carbocycles. The van der Waals surface area contributed by atoms with E-state index in [0.29, 0.717) is 0 Å². The number of fused-ring (bicyclic) bond motifs is 3. The van der Waals surface area contributed by atoms with E-state index in [1.165, 1.54) is 10.8 Å². The van der Waals surface area contributed by atoms with Gasteiger partial charge in [0.15, 0.2) is 0 Å². The molecule has 9 aromatic rings. The molecule has 6 aromatic carbocycles. The Morgan fingerprint density at radius 1 is 0.392 bits per heavy atom. The first-order chi connectivity index (χ1) is 24.7. The fraction of sp³-hybridized carbons (Fsp3) is 0. The van der Waals surface area contributed by atoms with E-state index in [1.807, 2.05) is 146 Å². The maximum atomic E-state index is 4.66. The summed E-state index contributed by atoms with van der Waals surface area (Å²) in [7, 11) is 0. The predicted octanol–water partition coefficient (Wildman–Crippen LogP) is 11.7. The van der Waals surface area contributed by atoms with Crippen LogP contribution in [0.15, 0.2) is 183 Å². The Bertz CT molecular complexity index is 2380. The van der Waals surface area contributed by atoms with Gasteiger partial charge in [-0.25, -0.2) is 0 Å². The van der Waals surface area contributed by atoms with E-state index in [0.717, 1.165) is 61.3 Å². The number of benzene rings is 6. The number of pyridine rings is 3. The number of para-hydroxylation sites is 2. The molecule has 0 atom stereocenters. The van der Waals surface area contributed by atoms with Crippen LogP contribution in [-0.4, -0.2) is 15.0 Å². The summed E-state index contributed by atoms with van der Waals surface area (Å²) in [5.74, 6) is 0. The Labute approximate surface area is 312 Å². The van der Waals surface area contributed by atoms with Gasteiger partial charge < -0.3 is 0 Å². The molecule has 3 nitrogen and oxygen atoms in total. The van der Waals surface area contributed by atoms with E-state index in [1.54, 1.807) is 0 Å². The number of nitrogens with zero attached hydrogens (tertiary/aromatic N) is 3. The summed E-state index contributed by atoms with van der Waals surface area (Å²) < 4.78 is 0. The van der Waals surface area contributed by atoms with Gasteiger partial charge >= 0.3 is 20.1 Å². The molecule has 0 radical (unpaired) electrons. The van der Waals surface area contributed by atoms with Gasteiger partial charge in [-0.1, -0.05) is 91.5 Å². The Morgan fingerprint density at radius 2 is 0.784 bits per heavy atom. The van der Waals surface area contributed by atoms with Gasteiger partial charge in [0.2, 0.25) is 0 Å². The summed E-state index contributed by atoms with van der Waals surface area (Å²) in [5.41, 5.74) is 10.1. The second-order valence-corrected chi connectivity index (χ2v) is 11.5. The van der Waals surface area contributed by atoms with E-state index in [4.69, 9.17) is 0 Å². The largest absolute Gasteiger partial charge is 3.00 e. The Balaban J connectivity index is 0.000000131. The molecule has 0 fully saturated rings. The van der Waals surface area contributed by atoms with Crippen molar-refractivity contribution in [3.63, 3.8) is 0 Å². The van der Waals surface area contributed by atoms with E-state index >= 15 is 0 Å². The third-order valence-electron chi connectivity index (χ3n) is 8.10.